The van der Waals surface area contributed by atoms with E-state index in [1.54, 1.807) is 0 Å². The number of hydrogen-bond donors (Lipinski definition) is 0. The van der Waals surface area contributed by atoms with Crippen LogP contribution in [0.25, 0.3) is 0 Å². The van der Waals surface area contributed by atoms with E-state index in [9.17, 15) is 4.79 Å². The van der Waals surface area contributed by atoms with Gasteiger partial charge in [-0.05, 0) is 59.4 Å². The van der Waals surface area contributed by atoms with Gasteiger partial charge < -0.3 is 9.16 Å². The van der Waals surface area contributed by atoms with E-state index in [4.69, 9.17) is 9.16 Å². The summed E-state index contributed by atoms with van der Waals surface area (Å²) >= 11 is 0. The van der Waals surface area contributed by atoms with Gasteiger partial charge in [-0.15, -0.1) is 0 Å². The quantitative estimate of drug-likeness (QED) is 0.455. The molecule has 32 heavy (non-hydrogen) atoms. The zero-order valence-electron chi connectivity index (χ0n) is 19.9. The molecule has 0 N–H and O–H groups in total. The summed E-state index contributed by atoms with van der Waals surface area (Å²) in [7, 11) is -1.07. The lowest BCUT2D eigenvalue weighted by Gasteiger charge is -2.45. The maximum atomic E-state index is 12.2. The summed E-state index contributed by atoms with van der Waals surface area (Å²) in [5, 5.41) is 2.63. The number of carbonyl (C=O) groups excluding carboxylic acids is 1. The first kappa shape index (κ1) is 23.0. The van der Waals surface area contributed by atoms with Crippen LogP contribution in [0.4, 0.5) is 0 Å². The lowest BCUT2D eigenvalue weighted by Crippen LogP contribution is -2.67. The van der Waals surface area contributed by atoms with Crippen LogP contribution in [-0.2, 0) is 14.0 Å². The maximum Gasteiger partial charge on any atom is 0.333 e. The fraction of sp³-hybridized carbons (Fsp3) is 0.464. The highest BCUT2D eigenvalue weighted by atomic mass is 28.4. The van der Waals surface area contributed by atoms with E-state index >= 15 is 0 Å². The molecule has 0 aromatic heterocycles. The van der Waals surface area contributed by atoms with Gasteiger partial charge in [0.05, 0.1) is 7.11 Å². The van der Waals surface area contributed by atoms with Crippen LogP contribution < -0.4 is 10.4 Å². The first-order chi connectivity index (χ1) is 15.3. The smallest absolute Gasteiger partial charge is 0.333 e. The summed E-state index contributed by atoms with van der Waals surface area (Å²) in [6.07, 6.45) is 8.53. The second kappa shape index (κ2) is 8.99. The van der Waals surface area contributed by atoms with Crippen LogP contribution in [0.15, 0.2) is 72.3 Å². The van der Waals surface area contributed by atoms with Crippen LogP contribution in [0, 0.1) is 5.41 Å². The molecule has 3 nitrogen and oxygen atoms in total. The lowest BCUT2D eigenvalue weighted by atomic mass is 9.75. The van der Waals surface area contributed by atoms with Crippen molar-refractivity contribution in [2.45, 2.75) is 70.4 Å². The first-order valence-corrected chi connectivity index (χ1v) is 13.8. The third-order valence-corrected chi connectivity index (χ3v) is 12.5. The molecule has 2 aromatic rings. The van der Waals surface area contributed by atoms with Gasteiger partial charge in [0.2, 0.25) is 0 Å². The van der Waals surface area contributed by atoms with Gasteiger partial charge in [-0.1, -0.05) is 87.5 Å². The summed E-state index contributed by atoms with van der Waals surface area (Å²) < 4.78 is 12.4. The van der Waals surface area contributed by atoms with Gasteiger partial charge in [-0.3, -0.25) is 0 Å². The minimum Gasteiger partial charge on any atom is -0.466 e. The summed E-state index contributed by atoms with van der Waals surface area (Å²) in [6, 6.07) is 21.7. The molecule has 1 fully saturated rings. The number of benzene rings is 2. The van der Waals surface area contributed by atoms with Crippen LogP contribution in [0.5, 0.6) is 0 Å². The molecule has 2 aliphatic rings. The van der Waals surface area contributed by atoms with Crippen molar-refractivity contribution in [3.8, 4) is 0 Å². The molecular formula is C28H36O3Si. The normalized spacial score (nSPS) is 23.8. The van der Waals surface area contributed by atoms with E-state index in [1.807, 2.05) is 0 Å². The third-order valence-electron chi connectivity index (χ3n) is 7.41. The molecule has 4 heteroatoms. The van der Waals surface area contributed by atoms with Crippen molar-refractivity contribution in [2.24, 2.45) is 5.41 Å². The maximum absolute atomic E-state index is 12.2. The molecular weight excluding hydrogens is 412 g/mol. The van der Waals surface area contributed by atoms with Gasteiger partial charge in [-0.25, -0.2) is 4.79 Å². The Morgan fingerprint density at radius 1 is 0.969 bits per heavy atom. The average molecular weight is 449 g/mol. The molecule has 170 valence electrons. The van der Waals surface area contributed by atoms with Crippen LogP contribution >= 0.6 is 0 Å². The molecule has 0 amide bonds. The van der Waals surface area contributed by atoms with Crippen molar-refractivity contribution in [3.63, 3.8) is 0 Å². The van der Waals surface area contributed by atoms with Gasteiger partial charge in [0.1, 0.15) is 0 Å². The lowest BCUT2D eigenvalue weighted by molar-refractivity contribution is -0.136. The van der Waals surface area contributed by atoms with Crippen molar-refractivity contribution >= 4 is 24.7 Å². The molecule has 2 aliphatic carbocycles. The van der Waals surface area contributed by atoms with E-state index in [0.29, 0.717) is 0 Å². The molecule has 1 saturated carbocycles. The zero-order chi connectivity index (χ0) is 22.8. The van der Waals surface area contributed by atoms with Gasteiger partial charge in [0, 0.05) is 11.7 Å². The van der Waals surface area contributed by atoms with E-state index in [0.717, 1.165) is 44.1 Å². The standard InChI is InChI=1S/C28H36O3Si/c1-27(2,3)32(24-13-7-5-8-14-24,25-15-9-6-10-16-25)31-23-17-19-28(21-23)18-11-12-22(20-28)26(29)30-4/h5-10,13-16,20,23H,11-12,17-19,21H2,1-4H3/t23-,28+/m1/s1. The number of esters is 1. The Morgan fingerprint density at radius 3 is 2.09 bits per heavy atom. The monoisotopic (exact) mass is 448 g/mol. The van der Waals surface area contributed by atoms with Crippen molar-refractivity contribution in [2.75, 3.05) is 7.11 Å². The number of allylic oxidation sites excluding steroid dienone is 1. The van der Waals surface area contributed by atoms with E-state index in [-0.39, 0.29) is 22.5 Å². The Bertz CT molecular complexity index is 922. The molecule has 4 rings (SSSR count). The average Bonchev–Trinajstić information content (AvgIpc) is 3.18. The van der Waals surface area contributed by atoms with Gasteiger partial charge in [0.15, 0.2) is 0 Å². The second-order valence-corrected chi connectivity index (χ2v) is 14.8. The van der Waals surface area contributed by atoms with E-state index in [2.05, 4.69) is 87.5 Å². The van der Waals surface area contributed by atoms with E-state index in [1.165, 1.54) is 17.5 Å². The minimum absolute atomic E-state index is 0.0228. The van der Waals surface area contributed by atoms with Crippen molar-refractivity contribution in [3.05, 3.63) is 72.3 Å². The molecule has 2 aromatic carbocycles. The molecule has 0 saturated heterocycles. The fourth-order valence-corrected chi connectivity index (χ4v) is 10.7. The van der Waals surface area contributed by atoms with Crippen molar-refractivity contribution in [1.82, 2.24) is 0 Å². The van der Waals surface area contributed by atoms with Crippen LogP contribution in [-0.4, -0.2) is 27.5 Å². The Labute approximate surface area is 194 Å². The first-order valence-electron chi connectivity index (χ1n) is 11.9. The summed E-state index contributed by atoms with van der Waals surface area (Å²) in [6.45, 7) is 7.00. The minimum atomic E-state index is -2.55. The highest BCUT2D eigenvalue weighted by Crippen LogP contribution is 2.50. The van der Waals surface area contributed by atoms with Crippen LogP contribution in [0.1, 0.15) is 59.3 Å². The van der Waals surface area contributed by atoms with Crippen LogP contribution in [0.3, 0.4) is 0 Å². The number of carbonyl (C=O) groups is 1. The Morgan fingerprint density at radius 2 is 1.56 bits per heavy atom. The number of rotatable bonds is 5. The van der Waals surface area contributed by atoms with Crippen molar-refractivity contribution < 1.29 is 14.0 Å². The van der Waals surface area contributed by atoms with Crippen LogP contribution in [0.2, 0.25) is 5.04 Å². The molecule has 0 bridgehead atoms. The largest absolute Gasteiger partial charge is 0.466 e. The summed E-state index contributed by atoms with van der Waals surface area (Å²) in [4.78, 5) is 12.2. The fourth-order valence-electron chi connectivity index (χ4n) is 5.94. The highest BCUT2D eigenvalue weighted by Gasteiger charge is 2.53. The molecule has 0 aliphatic heterocycles. The second-order valence-electron chi connectivity index (χ2n) is 10.5. The Balaban J connectivity index is 1.71. The zero-order valence-corrected chi connectivity index (χ0v) is 20.9. The predicted molar refractivity (Wildman–Crippen MR) is 133 cm³/mol. The van der Waals surface area contributed by atoms with Gasteiger partial charge >= 0.3 is 5.97 Å². The SMILES string of the molecule is COC(=O)C1=C[C@]2(CCC1)CC[C@@H](O[Si](c1ccccc1)(c1ccccc1)C(C)(C)C)C2. The summed E-state index contributed by atoms with van der Waals surface area (Å²) in [5.41, 5.74) is 0.919. The molecule has 2 atom stereocenters. The van der Waals surface area contributed by atoms with E-state index < -0.39 is 8.32 Å². The number of methoxy groups -OCH3 is 1. The number of hydrogen-bond acceptors (Lipinski definition) is 3. The van der Waals surface area contributed by atoms with Gasteiger partial charge in [-0.2, -0.15) is 0 Å². The highest BCUT2D eigenvalue weighted by molar-refractivity contribution is 6.99. The third kappa shape index (κ3) is 4.23. The van der Waals surface area contributed by atoms with Crippen molar-refractivity contribution in [1.29, 1.82) is 0 Å². The molecule has 0 heterocycles. The Kier molecular flexibility index (Phi) is 6.46. The molecule has 0 radical (unpaired) electrons. The predicted octanol–water partition coefficient (Wildman–Crippen LogP) is 5.39. The molecule has 1 spiro atoms. The summed E-state index contributed by atoms with van der Waals surface area (Å²) in [5.74, 6) is -0.166. The van der Waals surface area contributed by atoms with Gasteiger partial charge in [0.25, 0.3) is 8.32 Å². The molecule has 0 unspecified atom stereocenters. The Hall–Kier alpha value is -2.17. The number of ether oxygens (including phenoxy) is 1. The topological polar surface area (TPSA) is 35.5 Å².